The second kappa shape index (κ2) is 5.88. The predicted molar refractivity (Wildman–Crippen MR) is 68.8 cm³/mol. The van der Waals surface area contributed by atoms with Crippen LogP contribution in [-0.2, 0) is 14.3 Å². The molecule has 0 spiro atoms. The van der Waals surface area contributed by atoms with Gasteiger partial charge in [0, 0.05) is 25.7 Å². The summed E-state index contributed by atoms with van der Waals surface area (Å²) in [4.78, 5) is 27.3. The van der Waals surface area contributed by atoms with Crippen LogP contribution in [0.3, 0.4) is 0 Å². The van der Waals surface area contributed by atoms with Crippen molar-refractivity contribution in [3.05, 3.63) is 0 Å². The fourth-order valence-corrected chi connectivity index (χ4v) is 2.87. The Balaban J connectivity index is 1.89. The number of nitrogens with zero attached hydrogens (tertiary/aromatic N) is 2. The molecule has 0 aromatic rings. The van der Waals surface area contributed by atoms with Gasteiger partial charge in [-0.15, -0.1) is 0 Å². The Bertz CT molecular complexity index is 361. The first-order valence-electron chi connectivity index (χ1n) is 6.94. The van der Waals surface area contributed by atoms with Gasteiger partial charge >= 0.3 is 5.97 Å². The number of hydrogen-bond donors (Lipinski definition) is 1. The van der Waals surface area contributed by atoms with E-state index in [0.717, 1.165) is 13.1 Å². The van der Waals surface area contributed by atoms with Crippen LogP contribution in [0.15, 0.2) is 0 Å². The van der Waals surface area contributed by atoms with E-state index in [0.29, 0.717) is 32.0 Å². The van der Waals surface area contributed by atoms with Crippen molar-refractivity contribution < 1.29 is 19.4 Å². The third-order valence-electron chi connectivity index (χ3n) is 4.05. The van der Waals surface area contributed by atoms with Crippen LogP contribution in [0.5, 0.6) is 0 Å². The maximum absolute atomic E-state index is 12.3. The molecule has 2 fully saturated rings. The van der Waals surface area contributed by atoms with Crippen molar-refractivity contribution >= 4 is 11.9 Å². The number of aliphatic carboxylic acids is 1. The van der Waals surface area contributed by atoms with Crippen molar-refractivity contribution in [3.63, 3.8) is 0 Å². The molecule has 2 aliphatic rings. The lowest BCUT2D eigenvalue weighted by atomic mass is 10.1. The van der Waals surface area contributed by atoms with Crippen LogP contribution in [0.4, 0.5) is 0 Å². The Morgan fingerprint density at radius 3 is 2.47 bits per heavy atom. The van der Waals surface area contributed by atoms with Gasteiger partial charge in [-0.3, -0.25) is 9.69 Å². The number of likely N-dealkylation sites (N-methyl/N-ethyl adjacent to an activating group) is 1. The highest BCUT2D eigenvalue weighted by Gasteiger charge is 2.38. The van der Waals surface area contributed by atoms with Gasteiger partial charge in [0.05, 0.1) is 0 Å². The molecule has 6 nitrogen and oxygen atoms in total. The van der Waals surface area contributed by atoms with Gasteiger partial charge < -0.3 is 14.7 Å². The highest BCUT2D eigenvalue weighted by atomic mass is 16.5. The summed E-state index contributed by atoms with van der Waals surface area (Å²) < 4.78 is 5.32. The maximum atomic E-state index is 12.3. The first kappa shape index (κ1) is 14.3. The van der Waals surface area contributed by atoms with Gasteiger partial charge in [0.1, 0.15) is 6.10 Å². The third kappa shape index (κ3) is 3.06. The van der Waals surface area contributed by atoms with Gasteiger partial charge in [-0.2, -0.15) is 0 Å². The number of carbonyl (C=O) groups is 2. The monoisotopic (exact) mass is 270 g/mol. The van der Waals surface area contributed by atoms with Gasteiger partial charge in [-0.05, 0) is 26.3 Å². The highest BCUT2D eigenvalue weighted by molar-refractivity contribution is 5.82. The van der Waals surface area contributed by atoms with Crippen LogP contribution in [0.1, 0.15) is 26.7 Å². The molecule has 0 radical (unpaired) electrons. The Kier molecular flexibility index (Phi) is 4.42. The number of carboxylic acid groups (broad SMARTS) is 1. The van der Waals surface area contributed by atoms with Crippen molar-refractivity contribution in [2.45, 2.75) is 44.9 Å². The van der Waals surface area contributed by atoms with Gasteiger partial charge in [0.15, 0.2) is 6.10 Å². The van der Waals surface area contributed by atoms with Crippen LogP contribution >= 0.6 is 0 Å². The predicted octanol–water partition coefficient (Wildman–Crippen LogP) is 0.171. The molecule has 1 amide bonds. The summed E-state index contributed by atoms with van der Waals surface area (Å²) in [5.41, 5.74) is 0. The second-order valence-electron chi connectivity index (χ2n) is 5.29. The molecule has 3 atom stereocenters. The fourth-order valence-electron chi connectivity index (χ4n) is 2.87. The molecule has 0 aromatic heterocycles. The first-order valence-corrected chi connectivity index (χ1v) is 6.94. The minimum atomic E-state index is -0.973. The number of piperazine rings is 1. The lowest BCUT2D eigenvalue weighted by Crippen LogP contribution is -2.55. The van der Waals surface area contributed by atoms with Crippen molar-refractivity contribution in [2.24, 2.45) is 0 Å². The maximum Gasteiger partial charge on any atom is 0.332 e. The molecule has 19 heavy (non-hydrogen) atoms. The number of amides is 1. The molecule has 108 valence electrons. The number of hydrogen-bond acceptors (Lipinski definition) is 4. The van der Waals surface area contributed by atoms with Crippen molar-refractivity contribution in [1.29, 1.82) is 0 Å². The van der Waals surface area contributed by atoms with E-state index in [-0.39, 0.29) is 5.91 Å². The first-order chi connectivity index (χ1) is 9.02. The van der Waals surface area contributed by atoms with E-state index in [1.807, 2.05) is 4.90 Å². The minimum Gasteiger partial charge on any atom is -0.479 e. The topological polar surface area (TPSA) is 70.1 Å². The molecular formula is C13H22N2O4. The molecule has 0 aliphatic carbocycles. The van der Waals surface area contributed by atoms with Crippen LogP contribution in [-0.4, -0.2) is 71.2 Å². The summed E-state index contributed by atoms with van der Waals surface area (Å²) in [6, 6.07) is 0.347. The van der Waals surface area contributed by atoms with Crippen LogP contribution in [0.2, 0.25) is 0 Å². The summed E-state index contributed by atoms with van der Waals surface area (Å²) in [6.45, 7) is 7.49. The Labute approximate surface area is 113 Å². The normalized spacial score (nSPS) is 32.5. The lowest BCUT2D eigenvalue weighted by molar-refractivity contribution is -0.155. The molecule has 2 saturated heterocycles. The average Bonchev–Trinajstić information content (AvgIpc) is 2.87. The van der Waals surface area contributed by atoms with Crippen LogP contribution in [0.25, 0.3) is 0 Å². The molecule has 0 saturated carbocycles. The van der Waals surface area contributed by atoms with E-state index in [1.54, 1.807) is 0 Å². The van der Waals surface area contributed by atoms with Gasteiger partial charge in [0.25, 0.3) is 5.91 Å². The zero-order chi connectivity index (χ0) is 14.0. The molecule has 1 N–H and O–H groups in total. The second-order valence-corrected chi connectivity index (χ2v) is 5.29. The summed E-state index contributed by atoms with van der Waals surface area (Å²) in [5.74, 6) is -1.02. The van der Waals surface area contributed by atoms with Gasteiger partial charge in [-0.1, -0.05) is 6.92 Å². The van der Waals surface area contributed by atoms with E-state index < -0.39 is 18.2 Å². The number of carboxylic acids is 1. The van der Waals surface area contributed by atoms with E-state index >= 15 is 0 Å². The molecule has 2 rings (SSSR count). The van der Waals surface area contributed by atoms with E-state index in [1.165, 1.54) is 0 Å². The van der Waals surface area contributed by atoms with E-state index in [4.69, 9.17) is 9.84 Å². The van der Waals surface area contributed by atoms with E-state index in [2.05, 4.69) is 18.7 Å². The summed E-state index contributed by atoms with van der Waals surface area (Å²) >= 11 is 0. The molecule has 6 heteroatoms. The number of rotatable bonds is 3. The van der Waals surface area contributed by atoms with Crippen molar-refractivity contribution in [3.8, 4) is 0 Å². The Morgan fingerprint density at radius 2 is 1.95 bits per heavy atom. The average molecular weight is 270 g/mol. The standard InChI is InChI=1S/C13H22N2O4/c1-3-14-6-7-15(8-9(14)2)12(16)10-4-5-11(19-10)13(17)18/h9-11H,3-8H2,1-2H3,(H,17,18)/t9?,10-,11+/m0/s1. The number of carbonyl (C=O) groups excluding carboxylic acids is 1. The zero-order valence-electron chi connectivity index (χ0n) is 11.5. The van der Waals surface area contributed by atoms with Gasteiger partial charge in [-0.25, -0.2) is 4.79 Å². The van der Waals surface area contributed by atoms with Crippen LogP contribution < -0.4 is 0 Å². The lowest BCUT2D eigenvalue weighted by Gasteiger charge is -2.40. The SMILES string of the molecule is CCN1CCN(C(=O)[C@@H]2CC[C@H](C(=O)O)O2)CC1C. The van der Waals surface area contributed by atoms with Crippen molar-refractivity contribution in [2.75, 3.05) is 26.2 Å². The molecule has 2 aliphatic heterocycles. The number of ether oxygens (including phenoxy) is 1. The molecule has 0 aromatic carbocycles. The van der Waals surface area contributed by atoms with Crippen molar-refractivity contribution in [1.82, 2.24) is 9.80 Å². The fraction of sp³-hybridized carbons (Fsp3) is 0.846. The van der Waals surface area contributed by atoms with Crippen LogP contribution in [0, 0.1) is 0 Å². The zero-order valence-corrected chi connectivity index (χ0v) is 11.5. The quantitative estimate of drug-likeness (QED) is 0.791. The molecular weight excluding hydrogens is 248 g/mol. The smallest absolute Gasteiger partial charge is 0.332 e. The largest absolute Gasteiger partial charge is 0.479 e. The summed E-state index contributed by atoms with van der Waals surface area (Å²) in [5, 5.41) is 8.88. The van der Waals surface area contributed by atoms with E-state index in [9.17, 15) is 9.59 Å². The molecule has 2 heterocycles. The molecule has 1 unspecified atom stereocenters. The summed E-state index contributed by atoms with van der Waals surface area (Å²) in [7, 11) is 0. The minimum absolute atomic E-state index is 0.0497. The molecule has 0 bridgehead atoms. The third-order valence-corrected chi connectivity index (χ3v) is 4.05. The highest BCUT2D eigenvalue weighted by Crippen LogP contribution is 2.22. The Morgan fingerprint density at radius 1 is 1.26 bits per heavy atom. The summed E-state index contributed by atoms with van der Waals surface area (Å²) in [6.07, 6.45) is -0.446. The Hall–Kier alpha value is -1.14. The van der Waals surface area contributed by atoms with Gasteiger partial charge in [0.2, 0.25) is 0 Å².